The molecule has 21 heavy (non-hydrogen) atoms. The summed E-state index contributed by atoms with van der Waals surface area (Å²) in [4.78, 5) is 12.2. The van der Waals surface area contributed by atoms with Crippen molar-refractivity contribution in [3.8, 4) is 11.5 Å². The van der Waals surface area contributed by atoms with Gasteiger partial charge in [-0.2, -0.15) is 0 Å². The lowest BCUT2D eigenvalue weighted by atomic mass is 10.1. The van der Waals surface area contributed by atoms with E-state index in [1.807, 2.05) is 0 Å². The summed E-state index contributed by atoms with van der Waals surface area (Å²) in [5, 5.41) is 2.77. The zero-order valence-corrected chi connectivity index (χ0v) is 11.3. The highest BCUT2D eigenvalue weighted by molar-refractivity contribution is 6.08. The van der Waals surface area contributed by atoms with Gasteiger partial charge in [0.05, 0.1) is 5.56 Å². The lowest BCUT2D eigenvalue weighted by Crippen LogP contribution is -2.17. The molecule has 6 nitrogen and oxygen atoms in total. The van der Waals surface area contributed by atoms with Crippen molar-refractivity contribution in [3.63, 3.8) is 0 Å². The Morgan fingerprint density at radius 2 is 1.76 bits per heavy atom. The van der Waals surface area contributed by atoms with Crippen LogP contribution >= 0.6 is 0 Å². The zero-order valence-electron chi connectivity index (χ0n) is 11.3. The van der Waals surface area contributed by atoms with Gasteiger partial charge in [0.1, 0.15) is 13.2 Å². The van der Waals surface area contributed by atoms with Crippen molar-refractivity contribution in [1.82, 2.24) is 0 Å². The number of nitrogen functional groups attached to an aromatic ring is 2. The molecule has 1 aliphatic heterocycles. The van der Waals surface area contributed by atoms with E-state index in [0.717, 1.165) is 0 Å². The molecule has 0 fully saturated rings. The van der Waals surface area contributed by atoms with E-state index in [0.29, 0.717) is 47.3 Å². The van der Waals surface area contributed by atoms with Gasteiger partial charge in [0.2, 0.25) is 0 Å². The van der Waals surface area contributed by atoms with Gasteiger partial charge in [-0.1, -0.05) is 0 Å². The average Bonchev–Trinajstić information content (AvgIpc) is 2.47. The Hall–Kier alpha value is -2.89. The van der Waals surface area contributed by atoms with Crippen molar-refractivity contribution in [3.05, 3.63) is 42.0 Å². The van der Waals surface area contributed by atoms with Gasteiger partial charge in [-0.3, -0.25) is 4.79 Å². The fourth-order valence-corrected chi connectivity index (χ4v) is 2.11. The van der Waals surface area contributed by atoms with Crippen molar-refractivity contribution in [1.29, 1.82) is 0 Å². The Bertz CT molecular complexity index is 701. The third-order valence-electron chi connectivity index (χ3n) is 3.12. The molecule has 0 aromatic heterocycles. The van der Waals surface area contributed by atoms with Crippen LogP contribution < -0.4 is 26.3 Å². The normalized spacial score (nSPS) is 12.8. The first-order chi connectivity index (χ1) is 10.1. The van der Waals surface area contributed by atoms with Crippen LogP contribution in [0.5, 0.6) is 11.5 Å². The minimum absolute atomic E-state index is 0.302. The highest BCUT2D eigenvalue weighted by Gasteiger charge is 2.14. The number of amides is 1. The molecule has 0 aliphatic carbocycles. The molecule has 0 saturated heterocycles. The molecular formula is C15H15N3O3. The van der Waals surface area contributed by atoms with Gasteiger partial charge in [0.25, 0.3) is 5.91 Å². The standard InChI is InChI=1S/C15H15N3O3/c16-9-1-3-11(12(17)7-9)15(19)18-10-2-4-13-14(8-10)21-6-5-20-13/h1-4,7-8H,5-6,16-17H2,(H,18,19). The van der Waals surface area contributed by atoms with E-state index in [1.54, 1.807) is 36.4 Å². The quantitative estimate of drug-likeness (QED) is 0.731. The molecule has 5 N–H and O–H groups in total. The topological polar surface area (TPSA) is 99.6 Å². The Kier molecular flexibility index (Phi) is 3.27. The van der Waals surface area contributed by atoms with Crippen LogP contribution in [-0.4, -0.2) is 19.1 Å². The van der Waals surface area contributed by atoms with Gasteiger partial charge in [0, 0.05) is 23.1 Å². The second-order valence-corrected chi connectivity index (χ2v) is 4.66. The fourth-order valence-electron chi connectivity index (χ4n) is 2.11. The molecule has 2 aromatic carbocycles. The summed E-state index contributed by atoms with van der Waals surface area (Å²) in [5.74, 6) is 0.986. The molecule has 0 radical (unpaired) electrons. The molecule has 1 heterocycles. The Morgan fingerprint density at radius 3 is 2.52 bits per heavy atom. The van der Waals surface area contributed by atoms with E-state index < -0.39 is 0 Å². The van der Waals surface area contributed by atoms with Gasteiger partial charge >= 0.3 is 0 Å². The molecule has 0 unspecified atom stereocenters. The average molecular weight is 285 g/mol. The zero-order chi connectivity index (χ0) is 14.8. The summed E-state index contributed by atoms with van der Waals surface area (Å²) in [6.07, 6.45) is 0. The van der Waals surface area contributed by atoms with Gasteiger partial charge in [-0.15, -0.1) is 0 Å². The first-order valence-electron chi connectivity index (χ1n) is 6.49. The van der Waals surface area contributed by atoms with Crippen molar-refractivity contribution in [2.45, 2.75) is 0 Å². The van der Waals surface area contributed by atoms with Crippen LogP contribution in [0.2, 0.25) is 0 Å². The number of anilines is 3. The summed E-state index contributed by atoms with van der Waals surface area (Å²) in [7, 11) is 0. The highest BCUT2D eigenvalue weighted by Crippen LogP contribution is 2.32. The lowest BCUT2D eigenvalue weighted by molar-refractivity contribution is 0.102. The summed E-state index contributed by atoms with van der Waals surface area (Å²) in [6, 6.07) is 10.0. The maximum atomic E-state index is 12.2. The molecule has 1 amide bonds. The molecule has 1 aliphatic rings. The number of carbonyl (C=O) groups excluding carboxylic acids is 1. The Balaban J connectivity index is 1.81. The first kappa shape index (κ1) is 13.1. The number of nitrogens with two attached hydrogens (primary N) is 2. The minimum Gasteiger partial charge on any atom is -0.486 e. The van der Waals surface area contributed by atoms with Gasteiger partial charge in [-0.25, -0.2) is 0 Å². The number of nitrogens with one attached hydrogen (secondary N) is 1. The van der Waals surface area contributed by atoms with Crippen LogP contribution in [0.25, 0.3) is 0 Å². The Labute approximate surface area is 121 Å². The number of benzene rings is 2. The number of hydrogen-bond acceptors (Lipinski definition) is 5. The summed E-state index contributed by atoms with van der Waals surface area (Å²) in [5.41, 5.74) is 13.3. The summed E-state index contributed by atoms with van der Waals surface area (Å²) >= 11 is 0. The third kappa shape index (κ3) is 2.69. The van der Waals surface area contributed by atoms with Gasteiger partial charge in [0.15, 0.2) is 11.5 Å². The van der Waals surface area contributed by atoms with Crippen molar-refractivity contribution in [2.24, 2.45) is 0 Å². The molecular weight excluding hydrogens is 270 g/mol. The summed E-state index contributed by atoms with van der Waals surface area (Å²) < 4.78 is 10.9. The second kappa shape index (κ2) is 5.24. The van der Waals surface area contributed by atoms with Crippen LogP contribution in [0.3, 0.4) is 0 Å². The fraction of sp³-hybridized carbons (Fsp3) is 0.133. The molecule has 0 spiro atoms. The maximum absolute atomic E-state index is 12.2. The minimum atomic E-state index is -0.302. The summed E-state index contributed by atoms with van der Waals surface area (Å²) in [6.45, 7) is 1.02. The van der Waals surface area contributed by atoms with E-state index >= 15 is 0 Å². The van der Waals surface area contributed by atoms with Crippen molar-refractivity contribution < 1.29 is 14.3 Å². The SMILES string of the molecule is Nc1ccc(C(=O)Nc2ccc3c(c2)OCCO3)c(N)c1. The number of rotatable bonds is 2. The maximum Gasteiger partial charge on any atom is 0.257 e. The number of hydrogen-bond donors (Lipinski definition) is 3. The molecule has 2 aromatic rings. The van der Waals surface area contributed by atoms with E-state index in [-0.39, 0.29) is 5.91 Å². The van der Waals surface area contributed by atoms with E-state index in [9.17, 15) is 4.79 Å². The Morgan fingerprint density at radius 1 is 1.00 bits per heavy atom. The molecule has 6 heteroatoms. The predicted octanol–water partition coefficient (Wildman–Crippen LogP) is 1.87. The first-order valence-corrected chi connectivity index (χ1v) is 6.49. The van der Waals surface area contributed by atoms with Crippen LogP contribution in [-0.2, 0) is 0 Å². The van der Waals surface area contributed by atoms with E-state index in [4.69, 9.17) is 20.9 Å². The van der Waals surface area contributed by atoms with E-state index in [2.05, 4.69) is 5.32 Å². The lowest BCUT2D eigenvalue weighted by Gasteiger charge is -2.19. The van der Waals surface area contributed by atoms with Crippen LogP contribution in [0, 0.1) is 0 Å². The van der Waals surface area contributed by atoms with E-state index in [1.165, 1.54) is 0 Å². The number of fused-ring (bicyclic) bond motifs is 1. The van der Waals surface area contributed by atoms with Gasteiger partial charge < -0.3 is 26.3 Å². The number of carbonyl (C=O) groups is 1. The monoisotopic (exact) mass is 285 g/mol. The second-order valence-electron chi connectivity index (χ2n) is 4.66. The molecule has 3 rings (SSSR count). The molecule has 0 saturated carbocycles. The predicted molar refractivity (Wildman–Crippen MR) is 80.7 cm³/mol. The van der Waals surface area contributed by atoms with Crippen molar-refractivity contribution in [2.75, 3.05) is 30.0 Å². The van der Waals surface area contributed by atoms with Crippen LogP contribution in [0.1, 0.15) is 10.4 Å². The van der Waals surface area contributed by atoms with Crippen molar-refractivity contribution >= 4 is 23.0 Å². The smallest absolute Gasteiger partial charge is 0.257 e. The van der Waals surface area contributed by atoms with Crippen LogP contribution in [0.15, 0.2) is 36.4 Å². The highest BCUT2D eigenvalue weighted by atomic mass is 16.6. The largest absolute Gasteiger partial charge is 0.486 e. The van der Waals surface area contributed by atoms with Crippen LogP contribution in [0.4, 0.5) is 17.1 Å². The van der Waals surface area contributed by atoms with Gasteiger partial charge in [-0.05, 0) is 30.3 Å². The third-order valence-corrected chi connectivity index (χ3v) is 3.12. The molecule has 0 atom stereocenters. The molecule has 0 bridgehead atoms. The molecule has 108 valence electrons. The number of ether oxygens (including phenoxy) is 2.